The number of hydrogen-bond donors (Lipinski definition) is 1. The lowest BCUT2D eigenvalue weighted by atomic mass is 10.1. The van der Waals surface area contributed by atoms with Crippen LogP contribution < -0.4 is 0 Å². The van der Waals surface area contributed by atoms with Gasteiger partial charge >= 0.3 is 0 Å². The number of benzene rings is 1. The zero-order chi connectivity index (χ0) is 13.9. The first-order chi connectivity index (χ1) is 9.76. The molecule has 20 heavy (non-hydrogen) atoms. The zero-order valence-corrected chi connectivity index (χ0v) is 11.9. The number of rotatable bonds is 3. The lowest BCUT2D eigenvalue weighted by molar-refractivity contribution is -0.132. The molecule has 0 aliphatic carbocycles. The Labute approximate surface area is 119 Å². The monoisotopic (exact) mass is 271 g/mol. The van der Waals surface area contributed by atoms with Crippen LogP contribution >= 0.6 is 0 Å². The van der Waals surface area contributed by atoms with Crippen molar-refractivity contribution in [1.82, 2.24) is 14.8 Å². The number of aromatic amines is 1. The molecule has 106 valence electrons. The first-order valence-corrected chi connectivity index (χ1v) is 7.32. The van der Waals surface area contributed by atoms with E-state index in [1.165, 1.54) is 5.39 Å². The molecular weight excluding hydrogens is 250 g/mol. The predicted octanol–water partition coefficient (Wildman–Crippen LogP) is 1.87. The number of hydrogen-bond acceptors (Lipinski definition) is 2. The number of carbonyl (C=O) groups excluding carboxylic acids is 1. The van der Waals surface area contributed by atoms with Crippen LogP contribution in [0.4, 0.5) is 0 Å². The molecule has 0 radical (unpaired) electrons. The van der Waals surface area contributed by atoms with Gasteiger partial charge in [0.1, 0.15) is 0 Å². The Morgan fingerprint density at radius 2 is 2.00 bits per heavy atom. The van der Waals surface area contributed by atoms with Crippen LogP contribution in [0.1, 0.15) is 12.5 Å². The highest BCUT2D eigenvalue weighted by Gasteiger charge is 2.20. The smallest absolute Gasteiger partial charge is 0.227 e. The molecule has 0 atom stereocenters. The van der Waals surface area contributed by atoms with Crippen LogP contribution in [-0.4, -0.2) is 53.4 Å². The topological polar surface area (TPSA) is 39.3 Å². The molecule has 0 spiro atoms. The van der Waals surface area contributed by atoms with E-state index in [1.54, 1.807) is 0 Å². The van der Waals surface area contributed by atoms with Crippen LogP contribution in [0.5, 0.6) is 0 Å². The lowest BCUT2D eigenvalue weighted by Crippen LogP contribution is -2.48. The third-order valence-electron chi connectivity index (χ3n) is 4.15. The van der Waals surface area contributed by atoms with Gasteiger partial charge in [0, 0.05) is 37.9 Å². The first kappa shape index (κ1) is 13.2. The van der Waals surface area contributed by atoms with Crippen molar-refractivity contribution >= 4 is 16.8 Å². The van der Waals surface area contributed by atoms with Gasteiger partial charge in [-0.05, 0) is 35.7 Å². The second-order valence-electron chi connectivity index (χ2n) is 5.39. The highest BCUT2D eigenvalue weighted by molar-refractivity contribution is 5.83. The van der Waals surface area contributed by atoms with Gasteiger partial charge in [-0.15, -0.1) is 0 Å². The SMILES string of the molecule is CCN1CCN(C(=O)Cc2ccc3[nH]ccc3c2)CC1. The van der Waals surface area contributed by atoms with E-state index in [1.807, 2.05) is 29.3 Å². The molecule has 4 nitrogen and oxygen atoms in total. The van der Waals surface area contributed by atoms with Crippen molar-refractivity contribution in [3.05, 3.63) is 36.0 Å². The average molecular weight is 271 g/mol. The van der Waals surface area contributed by atoms with Crippen LogP contribution in [0.25, 0.3) is 10.9 Å². The van der Waals surface area contributed by atoms with Crippen LogP contribution in [-0.2, 0) is 11.2 Å². The molecule has 2 aromatic rings. The molecule has 1 aliphatic rings. The van der Waals surface area contributed by atoms with E-state index >= 15 is 0 Å². The minimum Gasteiger partial charge on any atom is -0.361 e. The minimum atomic E-state index is 0.246. The summed E-state index contributed by atoms with van der Waals surface area (Å²) in [4.78, 5) is 19.9. The van der Waals surface area contributed by atoms with E-state index in [0.717, 1.165) is 43.8 Å². The van der Waals surface area contributed by atoms with Gasteiger partial charge in [0.25, 0.3) is 0 Å². The summed E-state index contributed by atoms with van der Waals surface area (Å²) in [6.45, 7) is 6.96. The Bertz CT molecular complexity index is 597. The van der Waals surface area contributed by atoms with Crippen molar-refractivity contribution in [1.29, 1.82) is 0 Å². The Morgan fingerprint density at radius 3 is 2.75 bits per heavy atom. The predicted molar refractivity (Wildman–Crippen MR) is 80.7 cm³/mol. The summed E-state index contributed by atoms with van der Waals surface area (Å²) in [6, 6.07) is 8.24. The molecule has 0 saturated carbocycles. The van der Waals surface area contributed by atoms with Gasteiger partial charge < -0.3 is 14.8 Å². The normalized spacial score (nSPS) is 16.8. The van der Waals surface area contributed by atoms with Gasteiger partial charge in [0.05, 0.1) is 6.42 Å². The van der Waals surface area contributed by atoms with Crippen LogP contribution in [0.3, 0.4) is 0 Å². The largest absolute Gasteiger partial charge is 0.361 e. The number of nitrogens with one attached hydrogen (secondary N) is 1. The van der Waals surface area contributed by atoms with E-state index in [-0.39, 0.29) is 5.91 Å². The molecule has 1 saturated heterocycles. The molecule has 0 unspecified atom stereocenters. The molecule has 1 fully saturated rings. The second-order valence-corrected chi connectivity index (χ2v) is 5.39. The third-order valence-corrected chi connectivity index (χ3v) is 4.15. The summed E-state index contributed by atoms with van der Waals surface area (Å²) in [7, 11) is 0. The number of fused-ring (bicyclic) bond motifs is 1. The molecule has 1 aliphatic heterocycles. The van der Waals surface area contributed by atoms with Gasteiger partial charge in [-0.25, -0.2) is 0 Å². The van der Waals surface area contributed by atoms with E-state index in [4.69, 9.17) is 0 Å². The van der Waals surface area contributed by atoms with E-state index < -0.39 is 0 Å². The van der Waals surface area contributed by atoms with E-state index in [0.29, 0.717) is 6.42 Å². The Morgan fingerprint density at radius 1 is 1.20 bits per heavy atom. The minimum absolute atomic E-state index is 0.246. The summed E-state index contributed by atoms with van der Waals surface area (Å²) < 4.78 is 0. The van der Waals surface area contributed by atoms with Crippen LogP contribution in [0.15, 0.2) is 30.5 Å². The molecule has 1 amide bonds. The molecular formula is C16H21N3O. The van der Waals surface area contributed by atoms with E-state index in [2.05, 4.69) is 22.9 Å². The number of H-pyrrole nitrogens is 1. The molecule has 4 heteroatoms. The Kier molecular flexibility index (Phi) is 3.74. The van der Waals surface area contributed by atoms with Gasteiger partial charge in [-0.2, -0.15) is 0 Å². The fourth-order valence-corrected chi connectivity index (χ4v) is 2.81. The van der Waals surface area contributed by atoms with Crippen molar-refractivity contribution in [3.8, 4) is 0 Å². The van der Waals surface area contributed by atoms with Crippen LogP contribution in [0.2, 0.25) is 0 Å². The number of nitrogens with zero attached hydrogens (tertiary/aromatic N) is 2. The average Bonchev–Trinajstić information content (AvgIpc) is 2.95. The first-order valence-electron chi connectivity index (χ1n) is 7.32. The summed E-state index contributed by atoms with van der Waals surface area (Å²) in [5.74, 6) is 0.246. The second kappa shape index (κ2) is 5.67. The van der Waals surface area contributed by atoms with Crippen molar-refractivity contribution in [2.24, 2.45) is 0 Å². The third kappa shape index (κ3) is 2.70. The molecule has 1 N–H and O–H groups in total. The highest BCUT2D eigenvalue weighted by atomic mass is 16.2. The Balaban J connectivity index is 1.63. The van der Waals surface area contributed by atoms with Crippen molar-refractivity contribution < 1.29 is 4.79 Å². The number of likely N-dealkylation sites (N-methyl/N-ethyl adjacent to an activating group) is 1. The molecule has 3 rings (SSSR count). The number of piperazine rings is 1. The van der Waals surface area contributed by atoms with Gasteiger partial charge in [-0.3, -0.25) is 4.79 Å². The molecule has 1 aromatic heterocycles. The van der Waals surface area contributed by atoms with Crippen molar-refractivity contribution in [3.63, 3.8) is 0 Å². The molecule has 2 heterocycles. The maximum atomic E-state index is 12.3. The molecule has 1 aromatic carbocycles. The number of carbonyl (C=O) groups is 1. The standard InChI is InChI=1S/C16H21N3O/c1-2-18-7-9-19(10-8-18)16(20)12-13-3-4-15-14(11-13)5-6-17-15/h3-6,11,17H,2,7-10,12H2,1H3. The maximum absolute atomic E-state index is 12.3. The highest BCUT2D eigenvalue weighted by Crippen LogP contribution is 2.15. The summed E-state index contributed by atoms with van der Waals surface area (Å²) in [5, 5.41) is 1.17. The van der Waals surface area contributed by atoms with Gasteiger partial charge in [0.15, 0.2) is 0 Å². The maximum Gasteiger partial charge on any atom is 0.227 e. The summed E-state index contributed by atoms with van der Waals surface area (Å²) in [5.41, 5.74) is 2.22. The van der Waals surface area contributed by atoms with Crippen molar-refractivity contribution in [2.75, 3.05) is 32.7 Å². The fraction of sp³-hybridized carbons (Fsp3) is 0.438. The van der Waals surface area contributed by atoms with E-state index in [9.17, 15) is 4.79 Å². The summed E-state index contributed by atoms with van der Waals surface area (Å²) >= 11 is 0. The molecule has 0 bridgehead atoms. The fourth-order valence-electron chi connectivity index (χ4n) is 2.81. The number of aromatic nitrogens is 1. The summed E-state index contributed by atoms with van der Waals surface area (Å²) in [6.07, 6.45) is 2.44. The van der Waals surface area contributed by atoms with Crippen LogP contribution in [0, 0.1) is 0 Å². The Hall–Kier alpha value is -1.81. The zero-order valence-electron chi connectivity index (χ0n) is 11.9. The quantitative estimate of drug-likeness (QED) is 0.925. The van der Waals surface area contributed by atoms with Crippen molar-refractivity contribution in [2.45, 2.75) is 13.3 Å². The van der Waals surface area contributed by atoms with Gasteiger partial charge in [-0.1, -0.05) is 13.0 Å². The van der Waals surface area contributed by atoms with Gasteiger partial charge in [0.2, 0.25) is 5.91 Å². The number of amides is 1. The lowest BCUT2D eigenvalue weighted by Gasteiger charge is -2.34.